The molecule has 1 aromatic carbocycles. The molecule has 2 aromatic heterocycles. The first-order valence-electron chi connectivity index (χ1n) is 6.64. The first-order valence-corrected chi connectivity index (χ1v) is 9.00. The number of aromatic nitrogens is 3. The number of nitrogens with zero attached hydrogens (tertiary/aromatic N) is 3. The van der Waals surface area contributed by atoms with Crippen molar-refractivity contribution in [2.75, 3.05) is 4.72 Å². The van der Waals surface area contributed by atoms with E-state index >= 15 is 0 Å². The molecule has 22 heavy (non-hydrogen) atoms. The zero-order chi connectivity index (χ0) is 15.6. The topological polar surface area (TPSA) is 76.9 Å². The van der Waals surface area contributed by atoms with Gasteiger partial charge in [-0.2, -0.15) is 5.10 Å². The molecule has 0 saturated carbocycles. The van der Waals surface area contributed by atoms with Gasteiger partial charge in [0.15, 0.2) is 0 Å². The molecule has 0 aliphatic carbocycles. The van der Waals surface area contributed by atoms with Gasteiger partial charge in [-0.05, 0) is 6.92 Å². The summed E-state index contributed by atoms with van der Waals surface area (Å²) in [5, 5.41) is 4.49. The van der Waals surface area contributed by atoms with Crippen LogP contribution in [0.3, 0.4) is 0 Å². The highest BCUT2D eigenvalue weighted by Crippen LogP contribution is 2.31. The molecule has 6 nitrogen and oxygen atoms in total. The standard InChI is InChI=1S/C14H14N4O2S2/c1-2-18-9-12(8-16-18)22(19,20)17-14-13(15-10-21-14)11-6-4-3-5-7-11/h3-10,17H,2H2,1H3. The third-order valence-electron chi connectivity index (χ3n) is 3.09. The fourth-order valence-electron chi connectivity index (χ4n) is 1.96. The quantitative estimate of drug-likeness (QED) is 0.778. The molecule has 0 bridgehead atoms. The van der Waals surface area contributed by atoms with Crippen molar-refractivity contribution < 1.29 is 8.42 Å². The van der Waals surface area contributed by atoms with Gasteiger partial charge in [0, 0.05) is 18.3 Å². The van der Waals surface area contributed by atoms with Crippen LogP contribution in [0.1, 0.15) is 6.92 Å². The van der Waals surface area contributed by atoms with E-state index in [4.69, 9.17) is 0 Å². The van der Waals surface area contributed by atoms with Gasteiger partial charge in [0.2, 0.25) is 0 Å². The van der Waals surface area contributed by atoms with E-state index in [9.17, 15) is 8.42 Å². The van der Waals surface area contributed by atoms with Gasteiger partial charge in [-0.25, -0.2) is 13.4 Å². The van der Waals surface area contributed by atoms with Gasteiger partial charge in [0.1, 0.15) is 15.6 Å². The molecule has 0 aliphatic heterocycles. The molecular formula is C14H14N4O2S2. The maximum atomic E-state index is 12.4. The summed E-state index contributed by atoms with van der Waals surface area (Å²) in [7, 11) is -3.67. The third kappa shape index (κ3) is 2.88. The zero-order valence-electron chi connectivity index (χ0n) is 11.8. The number of nitrogens with one attached hydrogen (secondary N) is 1. The first-order chi connectivity index (χ1) is 10.6. The van der Waals surface area contributed by atoms with Gasteiger partial charge in [-0.15, -0.1) is 11.3 Å². The minimum absolute atomic E-state index is 0.141. The van der Waals surface area contributed by atoms with Crippen molar-refractivity contribution >= 4 is 26.4 Å². The molecule has 114 valence electrons. The van der Waals surface area contributed by atoms with Gasteiger partial charge >= 0.3 is 0 Å². The lowest BCUT2D eigenvalue weighted by Gasteiger charge is -2.06. The van der Waals surface area contributed by atoms with Crippen molar-refractivity contribution in [3.05, 3.63) is 48.2 Å². The predicted octanol–water partition coefficient (Wildman–Crippen LogP) is 2.83. The highest BCUT2D eigenvalue weighted by atomic mass is 32.2. The number of aryl methyl sites for hydroxylation is 1. The van der Waals surface area contributed by atoms with E-state index in [1.807, 2.05) is 37.3 Å². The van der Waals surface area contributed by atoms with Crippen molar-refractivity contribution in [3.63, 3.8) is 0 Å². The van der Waals surface area contributed by atoms with Crippen LogP contribution in [-0.2, 0) is 16.6 Å². The second-order valence-corrected chi connectivity index (χ2v) is 7.07. The zero-order valence-corrected chi connectivity index (χ0v) is 13.4. The number of benzene rings is 1. The third-order valence-corrected chi connectivity index (χ3v) is 5.26. The van der Waals surface area contributed by atoms with Crippen molar-refractivity contribution in [1.29, 1.82) is 0 Å². The van der Waals surface area contributed by atoms with Crippen molar-refractivity contribution in [2.45, 2.75) is 18.4 Å². The van der Waals surface area contributed by atoms with Gasteiger partial charge in [0.05, 0.1) is 11.7 Å². The molecule has 0 radical (unpaired) electrons. The summed E-state index contributed by atoms with van der Waals surface area (Å²) in [6.07, 6.45) is 2.85. The SMILES string of the molecule is CCn1cc(S(=O)(=O)Nc2scnc2-c2ccccc2)cn1. The highest BCUT2D eigenvalue weighted by Gasteiger charge is 2.20. The Balaban J connectivity index is 1.92. The summed E-state index contributed by atoms with van der Waals surface area (Å²) in [5.41, 5.74) is 3.11. The van der Waals surface area contributed by atoms with Gasteiger partial charge < -0.3 is 0 Å². The maximum absolute atomic E-state index is 12.4. The Hall–Kier alpha value is -2.19. The van der Waals surface area contributed by atoms with Crippen LogP contribution in [0.2, 0.25) is 0 Å². The Labute approximate surface area is 132 Å². The summed E-state index contributed by atoms with van der Waals surface area (Å²) in [4.78, 5) is 4.40. The molecule has 3 aromatic rings. The van der Waals surface area contributed by atoms with Crippen LogP contribution in [0, 0.1) is 0 Å². The predicted molar refractivity (Wildman–Crippen MR) is 86.3 cm³/mol. The molecule has 0 saturated heterocycles. The van der Waals surface area contributed by atoms with Crippen LogP contribution in [-0.4, -0.2) is 23.2 Å². The minimum atomic E-state index is -3.67. The van der Waals surface area contributed by atoms with Crippen LogP contribution >= 0.6 is 11.3 Å². The number of sulfonamides is 1. The molecule has 0 fully saturated rings. The fourth-order valence-corrected chi connectivity index (χ4v) is 3.93. The number of hydrogen-bond acceptors (Lipinski definition) is 5. The fraction of sp³-hybridized carbons (Fsp3) is 0.143. The molecule has 0 atom stereocenters. The van der Waals surface area contributed by atoms with Crippen molar-refractivity contribution in [2.24, 2.45) is 0 Å². The van der Waals surface area contributed by atoms with E-state index in [-0.39, 0.29) is 4.90 Å². The normalized spacial score (nSPS) is 11.5. The van der Waals surface area contributed by atoms with Gasteiger partial charge in [-0.1, -0.05) is 30.3 Å². The summed E-state index contributed by atoms with van der Waals surface area (Å²) in [5.74, 6) is 0. The second kappa shape index (κ2) is 5.90. The van der Waals surface area contributed by atoms with E-state index < -0.39 is 10.0 Å². The Kier molecular flexibility index (Phi) is 3.95. The Morgan fingerprint density at radius 3 is 2.73 bits per heavy atom. The summed E-state index contributed by atoms with van der Waals surface area (Å²) in [6.45, 7) is 2.51. The molecule has 2 heterocycles. The van der Waals surface area contributed by atoms with E-state index in [1.165, 1.54) is 23.7 Å². The van der Waals surface area contributed by atoms with Crippen LogP contribution in [0.4, 0.5) is 5.00 Å². The lowest BCUT2D eigenvalue weighted by molar-refractivity contribution is 0.600. The van der Waals surface area contributed by atoms with E-state index in [1.54, 1.807) is 10.2 Å². The number of rotatable bonds is 5. The molecule has 0 unspecified atom stereocenters. The van der Waals surface area contributed by atoms with E-state index in [2.05, 4.69) is 14.8 Å². The van der Waals surface area contributed by atoms with Crippen LogP contribution in [0.25, 0.3) is 11.3 Å². The van der Waals surface area contributed by atoms with Gasteiger partial charge in [0.25, 0.3) is 10.0 Å². The largest absolute Gasteiger partial charge is 0.272 e. The van der Waals surface area contributed by atoms with Crippen molar-refractivity contribution in [1.82, 2.24) is 14.8 Å². The lowest BCUT2D eigenvalue weighted by atomic mass is 10.2. The smallest absolute Gasteiger partial charge is 0.265 e. The Bertz CT molecular complexity index is 869. The molecular weight excluding hydrogens is 320 g/mol. The molecule has 3 rings (SSSR count). The number of anilines is 1. The average Bonchev–Trinajstić information content (AvgIpc) is 3.16. The van der Waals surface area contributed by atoms with Crippen molar-refractivity contribution in [3.8, 4) is 11.3 Å². The van der Waals surface area contributed by atoms with E-state index in [0.29, 0.717) is 17.2 Å². The summed E-state index contributed by atoms with van der Waals surface area (Å²) >= 11 is 1.25. The van der Waals surface area contributed by atoms with Crippen LogP contribution < -0.4 is 4.72 Å². The summed E-state index contributed by atoms with van der Waals surface area (Å²) in [6, 6.07) is 9.46. The maximum Gasteiger partial charge on any atom is 0.265 e. The lowest BCUT2D eigenvalue weighted by Crippen LogP contribution is -2.12. The van der Waals surface area contributed by atoms with E-state index in [0.717, 1.165) is 5.56 Å². The van der Waals surface area contributed by atoms with Crippen LogP contribution in [0.15, 0.2) is 53.1 Å². The number of thiazole rings is 1. The molecule has 0 amide bonds. The second-order valence-electron chi connectivity index (χ2n) is 4.53. The number of hydrogen-bond donors (Lipinski definition) is 1. The molecule has 0 spiro atoms. The first kappa shape index (κ1) is 14.7. The van der Waals surface area contributed by atoms with Gasteiger partial charge in [-0.3, -0.25) is 9.40 Å². The molecule has 8 heteroatoms. The highest BCUT2D eigenvalue weighted by molar-refractivity contribution is 7.93. The molecule has 1 N–H and O–H groups in total. The minimum Gasteiger partial charge on any atom is -0.272 e. The Morgan fingerprint density at radius 2 is 2.05 bits per heavy atom. The molecule has 0 aliphatic rings. The Morgan fingerprint density at radius 1 is 1.27 bits per heavy atom. The summed E-state index contributed by atoms with van der Waals surface area (Å²) < 4.78 is 29.0. The monoisotopic (exact) mass is 334 g/mol. The van der Waals surface area contributed by atoms with Crippen LogP contribution in [0.5, 0.6) is 0 Å². The average molecular weight is 334 g/mol.